The van der Waals surface area contributed by atoms with Crippen molar-refractivity contribution in [2.75, 3.05) is 0 Å². The summed E-state index contributed by atoms with van der Waals surface area (Å²) in [5.41, 5.74) is 4.04. The average Bonchev–Trinajstić information content (AvgIpc) is 2.58. The molecule has 0 aliphatic carbocycles. The van der Waals surface area contributed by atoms with Crippen molar-refractivity contribution in [3.05, 3.63) is 89.1 Å². The SMILES string of the molecule is C=C[C@H]1CCC(c2ccccc2)=CN1Cc1ccccc1Br. The monoisotopic (exact) mass is 353 g/mol. The quantitative estimate of drug-likeness (QED) is 0.642. The summed E-state index contributed by atoms with van der Waals surface area (Å²) in [7, 11) is 0. The van der Waals surface area contributed by atoms with Gasteiger partial charge >= 0.3 is 0 Å². The smallest absolute Gasteiger partial charge is 0.0472 e. The van der Waals surface area contributed by atoms with Crippen LogP contribution in [0.4, 0.5) is 0 Å². The lowest BCUT2D eigenvalue weighted by atomic mass is 9.94. The molecule has 1 nitrogen and oxygen atoms in total. The first-order chi connectivity index (χ1) is 10.8. The van der Waals surface area contributed by atoms with Gasteiger partial charge in [-0.25, -0.2) is 0 Å². The standard InChI is InChI=1S/C20H20BrN/c1-2-19-13-12-17(16-8-4-3-5-9-16)14-22(19)15-18-10-6-7-11-20(18)21/h2-11,14,19H,1,12-13,15H2/t19-/m0/s1. The summed E-state index contributed by atoms with van der Waals surface area (Å²) in [6.07, 6.45) is 6.60. The second kappa shape index (κ2) is 6.97. The second-order valence-corrected chi connectivity index (χ2v) is 6.48. The maximum atomic E-state index is 4.01. The van der Waals surface area contributed by atoms with Gasteiger partial charge in [0.2, 0.25) is 0 Å². The van der Waals surface area contributed by atoms with E-state index in [1.165, 1.54) is 16.7 Å². The number of halogens is 1. The van der Waals surface area contributed by atoms with Crippen LogP contribution in [0.5, 0.6) is 0 Å². The van der Waals surface area contributed by atoms with E-state index >= 15 is 0 Å². The van der Waals surface area contributed by atoms with Crippen molar-refractivity contribution in [2.24, 2.45) is 0 Å². The molecule has 1 aliphatic rings. The number of allylic oxidation sites excluding steroid dienone is 1. The molecular weight excluding hydrogens is 334 g/mol. The van der Waals surface area contributed by atoms with Gasteiger partial charge in [0.25, 0.3) is 0 Å². The third-order valence-electron chi connectivity index (χ3n) is 4.18. The molecule has 0 saturated carbocycles. The van der Waals surface area contributed by atoms with E-state index in [-0.39, 0.29) is 0 Å². The van der Waals surface area contributed by atoms with Crippen LogP contribution in [0.25, 0.3) is 5.57 Å². The number of hydrogen-bond acceptors (Lipinski definition) is 1. The van der Waals surface area contributed by atoms with Gasteiger partial charge in [0.05, 0.1) is 0 Å². The van der Waals surface area contributed by atoms with Gasteiger partial charge in [0.1, 0.15) is 0 Å². The predicted molar refractivity (Wildman–Crippen MR) is 97.3 cm³/mol. The zero-order valence-corrected chi connectivity index (χ0v) is 14.2. The fraction of sp³-hybridized carbons (Fsp3) is 0.200. The van der Waals surface area contributed by atoms with Gasteiger partial charge in [0.15, 0.2) is 0 Å². The third kappa shape index (κ3) is 3.33. The minimum Gasteiger partial charge on any atom is -0.366 e. The molecule has 0 radical (unpaired) electrons. The Hall–Kier alpha value is -1.80. The van der Waals surface area contributed by atoms with Crippen molar-refractivity contribution in [1.82, 2.24) is 4.90 Å². The minimum absolute atomic E-state index is 0.402. The molecular formula is C20H20BrN. The summed E-state index contributed by atoms with van der Waals surface area (Å²) in [6.45, 7) is 4.91. The fourth-order valence-corrected chi connectivity index (χ4v) is 3.35. The summed E-state index contributed by atoms with van der Waals surface area (Å²) in [5, 5.41) is 0. The maximum Gasteiger partial charge on any atom is 0.0472 e. The van der Waals surface area contributed by atoms with Crippen LogP contribution >= 0.6 is 15.9 Å². The first-order valence-electron chi connectivity index (χ1n) is 7.66. The molecule has 0 amide bonds. The van der Waals surface area contributed by atoms with Crippen molar-refractivity contribution in [2.45, 2.75) is 25.4 Å². The molecule has 1 aliphatic heterocycles. The molecule has 0 aromatic heterocycles. The molecule has 0 bridgehead atoms. The van der Waals surface area contributed by atoms with Crippen LogP contribution in [0.15, 0.2) is 77.9 Å². The van der Waals surface area contributed by atoms with E-state index in [2.05, 4.69) is 94.3 Å². The van der Waals surface area contributed by atoms with Crippen molar-refractivity contribution in [1.29, 1.82) is 0 Å². The Morgan fingerprint density at radius 1 is 1.09 bits per heavy atom. The van der Waals surface area contributed by atoms with Crippen molar-refractivity contribution < 1.29 is 0 Å². The molecule has 1 heterocycles. The molecule has 22 heavy (non-hydrogen) atoms. The fourth-order valence-electron chi connectivity index (χ4n) is 2.94. The predicted octanol–water partition coefficient (Wildman–Crippen LogP) is 5.64. The van der Waals surface area contributed by atoms with Crippen LogP contribution in [0, 0.1) is 0 Å². The first kappa shape index (κ1) is 15.1. The van der Waals surface area contributed by atoms with Crippen LogP contribution in [-0.2, 0) is 6.54 Å². The van der Waals surface area contributed by atoms with E-state index in [4.69, 9.17) is 0 Å². The molecule has 112 valence electrons. The van der Waals surface area contributed by atoms with Crippen LogP contribution in [0.3, 0.4) is 0 Å². The van der Waals surface area contributed by atoms with Gasteiger partial charge in [-0.3, -0.25) is 0 Å². The Kier molecular flexibility index (Phi) is 4.79. The van der Waals surface area contributed by atoms with Crippen molar-refractivity contribution in [3.8, 4) is 0 Å². The Morgan fingerprint density at radius 2 is 1.82 bits per heavy atom. The van der Waals surface area contributed by atoms with Crippen LogP contribution in [0.2, 0.25) is 0 Å². The third-order valence-corrected chi connectivity index (χ3v) is 4.96. The molecule has 0 unspecified atom stereocenters. The lowest BCUT2D eigenvalue weighted by molar-refractivity contribution is 0.289. The van der Waals surface area contributed by atoms with Gasteiger partial charge in [-0.1, -0.05) is 70.5 Å². The van der Waals surface area contributed by atoms with Gasteiger partial charge in [-0.2, -0.15) is 0 Å². The van der Waals surface area contributed by atoms with E-state index in [1.54, 1.807) is 0 Å². The largest absolute Gasteiger partial charge is 0.366 e. The molecule has 1 atom stereocenters. The molecule has 0 saturated heterocycles. The molecule has 0 spiro atoms. The number of hydrogen-bond donors (Lipinski definition) is 0. The van der Waals surface area contributed by atoms with E-state index in [0.29, 0.717) is 6.04 Å². The average molecular weight is 354 g/mol. The lowest BCUT2D eigenvalue weighted by Gasteiger charge is -2.34. The highest BCUT2D eigenvalue weighted by Crippen LogP contribution is 2.30. The Bertz CT molecular complexity index is 675. The molecule has 0 fully saturated rings. The summed E-state index contributed by atoms with van der Waals surface area (Å²) < 4.78 is 1.16. The highest BCUT2D eigenvalue weighted by molar-refractivity contribution is 9.10. The Balaban J connectivity index is 1.89. The number of benzene rings is 2. The molecule has 3 rings (SSSR count). The van der Waals surface area contributed by atoms with Gasteiger partial charge in [0, 0.05) is 23.3 Å². The highest BCUT2D eigenvalue weighted by Gasteiger charge is 2.20. The van der Waals surface area contributed by atoms with E-state index < -0.39 is 0 Å². The van der Waals surface area contributed by atoms with Crippen LogP contribution in [-0.4, -0.2) is 10.9 Å². The molecule has 0 N–H and O–H groups in total. The topological polar surface area (TPSA) is 3.24 Å². The highest BCUT2D eigenvalue weighted by atomic mass is 79.9. The zero-order chi connectivity index (χ0) is 15.4. The van der Waals surface area contributed by atoms with Crippen LogP contribution < -0.4 is 0 Å². The number of rotatable bonds is 4. The molecule has 2 aromatic carbocycles. The van der Waals surface area contributed by atoms with Gasteiger partial charge in [-0.05, 0) is 35.6 Å². The minimum atomic E-state index is 0.402. The van der Waals surface area contributed by atoms with Crippen molar-refractivity contribution in [3.63, 3.8) is 0 Å². The molecule has 2 heteroatoms. The Labute approximate surface area is 141 Å². The summed E-state index contributed by atoms with van der Waals surface area (Å²) in [6, 6.07) is 19.5. The zero-order valence-electron chi connectivity index (χ0n) is 12.6. The second-order valence-electron chi connectivity index (χ2n) is 5.63. The summed E-state index contributed by atoms with van der Waals surface area (Å²) in [4.78, 5) is 2.40. The van der Waals surface area contributed by atoms with Gasteiger partial charge < -0.3 is 4.90 Å². The summed E-state index contributed by atoms with van der Waals surface area (Å²) >= 11 is 3.65. The molecule has 2 aromatic rings. The van der Waals surface area contributed by atoms with E-state index in [0.717, 1.165) is 23.9 Å². The van der Waals surface area contributed by atoms with Gasteiger partial charge in [-0.15, -0.1) is 6.58 Å². The van der Waals surface area contributed by atoms with E-state index in [1.807, 2.05) is 0 Å². The maximum absolute atomic E-state index is 4.01. The normalized spacial score (nSPS) is 18.0. The first-order valence-corrected chi connectivity index (χ1v) is 8.45. The Morgan fingerprint density at radius 3 is 2.55 bits per heavy atom. The van der Waals surface area contributed by atoms with Crippen LogP contribution in [0.1, 0.15) is 24.0 Å². The lowest BCUT2D eigenvalue weighted by Crippen LogP contribution is -2.31. The number of nitrogens with zero attached hydrogens (tertiary/aromatic N) is 1. The summed E-state index contributed by atoms with van der Waals surface area (Å²) in [5.74, 6) is 0. The van der Waals surface area contributed by atoms with E-state index in [9.17, 15) is 0 Å². The van der Waals surface area contributed by atoms with Crippen molar-refractivity contribution >= 4 is 21.5 Å².